The zero-order valence-corrected chi connectivity index (χ0v) is 11.7. The zero-order valence-electron chi connectivity index (χ0n) is 9.41. The fourth-order valence-corrected chi connectivity index (χ4v) is 2.97. The van der Waals surface area contributed by atoms with Crippen LogP contribution in [0.3, 0.4) is 0 Å². The number of anilines is 1. The number of hydrogen-bond donors (Lipinski definition) is 2. The first-order chi connectivity index (χ1) is 8.81. The highest BCUT2D eigenvalue weighted by Crippen LogP contribution is 2.30. The molecule has 10 heteroatoms. The molecule has 0 atom stereocenters. The second kappa shape index (κ2) is 4.95. The van der Waals surface area contributed by atoms with Gasteiger partial charge in [0.1, 0.15) is 10.7 Å². The number of benzene rings is 1. The molecule has 1 aromatic carbocycles. The first-order valence-corrected chi connectivity index (χ1v) is 7.10. The number of hydrogen-bond acceptors (Lipinski definition) is 4. The van der Waals surface area contributed by atoms with Gasteiger partial charge in [0.05, 0.1) is 10.0 Å². The zero-order chi connectivity index (χ0) is 14.2. The number of aryl methyl sites for hydroxylation is 1. The van der Waals surface area contributed by atoms with Crippen molar-refractivity contribution in [2.45, 2.75) is 11.8 Å². The summed E-state index contributed by atoms with van der Waals surface area (Å²) >= 11 is 11.1. The van der Waals surface area contributed by atoms with Crippen molar-refractivity contribution in [2.24, 2.45) is 0 Å². The maximum Gasteiger partial charge on any atom is 0.265 e. The van der Waals surface area contributed by atoms with E-state index < -0.39 is 25.8 Å². The summed E-state index contributed by atoms with van der Waals surface area (Å²) in [6.07, 6.45) is 0. The summed E-state index contributed by atoms with van der Waals surface area (Å²) in [5.41, 5.74) is 0. The van der Waals surface area contributed by atoms with Crippen LogP contribution in [0.25, 0.3) is 0 Å². The number of halogens is 3. The molecular weight excluding hydrogens is 318 g/mol. The van der Waals surface area contributed by atoms with E-state index in [1.807, 2.05) is 0 Å². The van der Waals surface area contributed by atoms with Crippen LogP contribution in [0.4, 0.5) is 10.3 Å². The predicted molar refractivity (Wildman–Crippen MR) is 68.3 cm³/mol. The number of H-pyrrole nitrogens is 1. The molecule has 1 aromatic heterocycles. The molecule has 2 aromatic rings. The van der Waals surface area contributed by atoms with Gasteiger partial charge in [0, 0.05) is 0 Å². The standard InChI is InChI=1S/C9H7Cl2FN4O2S/c1-4-13-9(15-14-4)16-19(17,18)6-3-2-5(10)8(12)7(6)11/h2-3H,1H3,(H2,13,14,15,16). The Labute approximate surface area is 118 Å². The molecular formula is C9H7Cl2FN4O2S. The Morgan fingerprint density at radius 2 is 2.05 bits per heavy atom. The molecule has 0 radical (unpaired) electrons. The van der Waals surface area contributed by atoms with Crippen LogP contribution in [0.1, 0.15) is 5.82 Å². The highest BCUT2D eigenvalue weighted by molar-refractivity contribution is 7.92. The second-order valence-corrected chi connectivity index (χ2v) is 5.96. The molecule has 0 aliphatic rings. The lowest BCUT2D eigenvalue weighted by atomic mass is 10.3. The number of aromatic amines is 1. The molecule has 0 unspecified atom stereocenters. The van der Waals surface area contributed by atoms with Crippen molar-refractivity contribution >= 4 is 39.2 Å². The summed E-state index contributed by atoms with van der Waals surface area (Å²) in [6, 6.07) is 2.19. The Kier molecular flexibility index (Phi) is 3.66. The maximum atomic E-state index is 13.5. The fourth-order valence-electron chi connectivity index (χ4n) is 1.28. The Morgan fingerprint density at radius 1 is 1.37 bits per heavy atom. The smallest absolute Gasteiger partial charge is 0.261 e. The van der Waals surface area contributed by atoms with Gasteiger partial charge >= 0.3 is 0 Å². The minimum Gasteiger partial charge on any atom is -0.261 e. The molecule has 0 aliphatic carbocycles. The Bertz CT molecular complexity index is 732. The van der Waals surface area contributed by atoms with Crippen molar-refractivity contribution in [1.29, 1.82) is 0 Å². The molecule has 0 spiro atoms. The van der Waals surface area contributed by atoms with E-state index in [4.69, 9.17) is 23.2 Å². The normalized spacial score (nSPS) is 11.6. The summed E-state index contributed by atoms with van der Waals surface area (Å²) in [5.74, 6) is -0.743. The molecule has 1 heterocycles. The fraction of sp³-hybridized carbons (Fsp3) is 0.111. The summed E-state index contributed by atoms with van der Waals surface area (Å²) in [6.45, 7) is 1.60. The van der Waals surface area contributed by atoms with Gasteiger partial charge in [-0.05, 0) is 19.1 Å². The predicted octanol–water partition coefficient (Wildman–Crippen LogP) is 2.36. The topological polar surface area (TPSA) is 87.7 Å². The van der Waals surface area contributed by atoms with Crippen LogP contribution in [-0.2, 0) is 10.0 Å². The number of aromatic nitrogens is 3. The van der Waals surface area contributed by atoms with Gasteiger partial charge in [-0.25, -0.2) is 17.5 Å². The van der Waals surface area contributed by atoms with Crippen molar-refractivity contribution in [2.75, 3.05) is 4.72 Å². The minimum atomic E-state index is -4.10. The van der Waals surface area contributed by atoms with Gasteiger partial charge in [0.25, 0.3) is 16.0 Å². The SMILES string of the molecule is Cc1nc(NS(=O)(=O)c2ccc(Cl)c(F)c2Cl)n[nH]1. The van der Waals surface area contributed by atoms with E-state index >= 15 is 0 Å². The van der Waals surface area contributed by atoms with Gasteiger partial charge in [-0.1, -0.05) is 23.2 Å². The van der Waals surface area contributed by atoms with E-state index in [9.17, 15) is 12.8 Å². The molecule has 0 bridgehead atoms. The van der Waals surface area contributed by atoms with Crippen LogP contribution in [0.2, 0.25) is 10.0 Å². The van der Waals surface area contributed by atoms with Gasteiger partial charge < -0.3 is 0 Å². The van der Waals surface area contributed by atoms with Crippen molar-refractivity contribution in [3.8, 4) is 0 Å². The number of rotatable bonds is 3. The first kappa shape index (κ1) is 14.0. The minimum absolute atomic E-state index is 0.163. The molecule has 0 aliphatic heterocycles. The quantitative estimate of drug-likeness (QED) is 0.848. The molecule has 0 saturated heterocycles. The third kappa shape index (κ3) is 2.80. The lowest BCUT2D eigenvalue weighted by molar-refractivity contribution is 0.595. The highest BCUT2D eigenvalue weighted by atomic mass is 35.5. The average molecular weight is 325 g/mol. The lowest BCUT2D eigenvalue weighted by Crippen LogP contribution is -2.15. The van der Waals surface area contributed by atoms with Crippen LogP contribution in [0.5, 0.6) is 0 Å². The molecule has 0 saturated carbocycles. The summed E-state index contributed by atoms with van der Waals surface area (Å²) in [4.78, 5) is 3.33. The van der Waals surface area contributed by atoms with Crippen molar-refractivity contribution in [3.63, 3.8) is 0 Å². The summed E-state index contributed by atoms with van der Waals surface area (Å²) < 4.78 is 39.5. The van der Waals surface area contributed by atoms with E-state index in [2.05, 4.69) is 19.9 Å². The molecule has 102 valence electrons. The van der Waals surface area contributed by atoms with E-state index in [1.54, 1.807) is 6.92 Å². The molecule has 6 nitrogen and oxygen atoms in total. The van der Waals surface area contributed by atoms with Gasteiger partial charge in [-0.2, -0.15) is 4.98 Å². The number of sulfonamides is 1. The highest BCUT2D eigenvalue weighted by Gasteiger charge is 2.23. The third-order valence-electron chi connectivity index (χ3n) is 2.11. The van der Waals surface area contributed by atoms with Gasteiger partial charge in [0.2, 0.25) is 0 Å². The number of nitrogens with zero attached hydrogens (tertiary/aromatic N) is 2. The molecule has 0 fully saturated rings. The Hall–Kier alpha value is -1.38. The van der Waals surface area contributed by atoms with Crippen LogP contribution in [-0.4, -0.2) is 23.6 Å². The Balaban J connectivity index is 2.43. The van der Waals surface area contributed by atoms with Gasteiger partial charge in [-0.15, -0.1) is 5.10 Å². The van der Waals surface area contributed by atoms with E-state index in [0.717, 1.165) is 12.1 Å². The van der Waals surface area contributed by atoms with Crippen LogP contribution >= 0.6 is 23.2 Å². The molecule has 0 amide bonds. The Morgan fingerprint density at radius 3 is 2.63 bits per heavy atom. The second-order valence-electron chi connectivity index (χ2n) is 3.52. The van der Waals surface area contributed by atoms with E-state index in [0.29, 0.717) is 5.82 Å². The summed E-state index contributed by atoms with van der Waals surface area (Å²) in [7, 11) is -4.10. The monoisotopic (exact) mass is 324 g/mol. The maximum absolute atomic E-state index is 13.5. The summed E-state index contributed by atoms with van der Waals surface area (Å²) in [5, 5.41) is 5.21. The van der Waals surface area contributed by atoms with Crippen molar-refractivity contribution in [3.05, 3.63) is 33.8 Å². The van der Waals surface area contributed by atoms with Crippen LogP contribution < -0.4 is 4.72 Å². The van der Waals surface area contributed by atoms with E-state index in [1.165, 1.54) is 0 Å². The average Bonchev–Trinajstić information content (AvgIpc) is 2.70. The molecule has 2 N–H and O–H groups in total. The van der Waals surface area contributed by atoms with Gasteiger partial charge in [-0.3, -0.25) is 5.10 Å². The van der Waals surface area contributed by atoms with Gasteiger partial charge in [0.15, 0.2) is 5.82 Å². The van der Waals surface area contributed by atoms with Crippen LogP contribution in [0, 0.1) is 12.7 Å². The largest absolute Gasteiger partial charge is 0.265 e. The molecule has 2 rings (SSSR count). The first-order valence-electron chi connectivity index (χ1n) is 4.86. The lowest BCUT2D eigenvalue weighted by Gasteiger charge is -2.07. The molecule has 19 heavy (non-hydrogen) atoms. The van der Waals surface area contributed by atoms with Crippen LogP contribution in [0.15, 0.2) is 17.0 Å². The third-order valence-corrected chi connectivity index (χ3v) is 4.26. The van der Waals surface area contributed by atoms with E-state index in [-0.39, 0.29) is 11.0 Å². The van der Waals surface area contributed by atoms with Crippen molar-refractivity contribution < 1.29 is 12.8 Å². The van der Waals surface area contributed by atoms with Crippen molar-refractivity contribution in [1.82, 2.24) is 15.2 Å². The number of nitrogens with one attached hydrogen (secondary N) is 2.